The number of unbranched alkanes of at least 4 members (excludes halogenated alkanes) is 1. The maximum Gasteiger partial charge on any atom is 0.242 e. The molecule has 2 amide bonds. The quantitative estimate of drug-likeness (QED) is 0.502. The molecule has 1 N–H and O–H groups in total. The van der Waals surface area contributed by atoms with Gasteiger partial charge < -0.3 is 15.0 Å². The molecule has 168 valence electrons. The molecule has 2 rings (SSSR count). The van der Waals surface area contributed by atoms with Crippen LogP contribution in [0.4, 0.5) is 4.39 Å². The molecule has 0 bridgehead atoms. The second-order valence-corrected chi connectivity index (χ2v) is 7.73. The molecule has 0 aliphatic carbocycles. The van der Waals surface area contributed by atoms with E-state index in [1.54, 1.807) is 24.0 Å². The van der Waals surface area contributed by atoms with Gasteiger partial charge in [0.1, 0.15) is 17.6 Å². The number of nitrogens with one attached hydrogen (secondary N) is 1. The van der Waals surface area contributed by atoms with Crippen LogP contribution in [-0.4, -0.2) is 35.9 Å². The summed E-state index contributed by atoms with van der Waals surface area (Å²) in [5.74, 6) is 0.125. The van der Waals surface area contributed by atoms with Gasteiger partial charge in [-0.05, 0) is 56.5 Å². The van der Waals surface area contributed by atoms with Crippen LogP contribution in [0.1, 0.15) is 50.7 Å². The Bertz CT molecular complexity index is 822. The maximum absolute atomic E-state index is 13.3. The van der Waals surface area contributed by atoms with Gasteiger partial charge in [0, 0.05) is 19.5 Å². The van der Waals surface area contributed by atoms with Gasteiger partial charge in [-0.3, -0.25) is 9.59 Å². The van der Waals surface area contributed by atoms with Crippen molar-refractivity contribution in [3.63, 3.8) is 0 Å². The average Bonchev–Trinajstić information content (AvgIpc) is 2.77. The first-order chi connectivity index (χ1) is 14.9. The van der Waals surface area contributed by atoms with Gasteiger partial charge in [-0.25, -0.2) is 4.39 Å². The molecule has 5 nitrogen and oxygen atoms in total. The zero-order valence-corrected chi connectivity index (χ0v) is 18.7. The summed E-state index contributed by atoms with van der Waals surface area (Å²) in [7, 11) is 0. The molecule has 0 spiro atoms. The summed E-state index contributed by atoms with van der Waals surface area (Å²) >= 11 is 0. The third-order valence-corrected chi connectivity index (χ3v) is 5.09. The van der Waals surface area contributed by atoms with Crippen molar-refractivity contribution in [3.05, 3.63) is 65.5 Å². The molecule has 0 saturated carbocycles. The SMILES string of the molecule is CCCCNC(=O)[C@H](C)N(Cc1ccc(F)cc1)C(=O)CCCOc1ccc(C)cc1. The van der Waals surface area contributed by atoms with Crippen molar-refractivity contribution in [1.29, 1.82) is 0 Å². The van der Waals surface area contributed by atoms with Crippen molar-refractivity contribution < 1.29 is 18.7 Å². The predicted octanol–water partition coefficient (Wildman–Crippen LogP) is 4.63. The first kappa shape index (κ1) is 24.4. The molecule has 31 heavy (non-hydrogen) atoms. The number of benzene rings is 2. The monoisotopic (exact) mass is 428 g/mol. The molecule has 0 fully saturated rings. The van der Waals surface area contributed by atoms with Crippen LogP contribution in [0, 0.1) is 12.7 Å². The van der Waals surface area contributed by atoms with E-state index in [-0.39, 0.29) is 30.6 Å². The highest BCUT2D eigenvalue weighted by Crippen LogP contribution is 2.15. The van der Waals surface area contributed by atoms with E-state index in [0.717, 1.165) is 29.7 Å². The predicted molar refractivity (Wildman–Crippen MR) is 120 cm³/mol. The van der Waals surface area contributed by atoms with E-state index < -0.39 is 6.04 Å². The van der Waals surface area contributed by atoms with Crippen LogP contribution in [-0.2, 0) is 16.1 Å². The number of aryl methyl sites for hydroxylation is 1. The fourth-order valence-corrected chi connectivity index (χ4v) is 3.10. The zero-order chi connectivity index (χ0) is 22.6. The molecule has 2 aromatic rings. The van der Waals surface area contributed by atoms with Crippen molar-refractivity contribution in [1.82, 2.24) is 10.2 Å². The summed E-state index contributed by atoms with van der Waals surface area (Å²) in [6, 6.07) is 13.1. The lowest BCUT2D eigenvalue weighted by Gasteiger charge is -2.29. The van der Waals surface area contributed by atoms with Crippen LogP contribution in [0.2, 0.25) is 0 Å². The number of amides is 2. The van der Waals surface area contributed by atoms with E-state index in [4.69, 9.17) is 4.74 Å². The summed E-state index contributed by atoms with van der Waals surface area (Å²) in [6.45, 7) is 7.04. The van der Waals surface area contributed by atoms with Crippen molar-refractivity contribution in [2.45, 2.75) is 59.0 Å². The minimum absolute atomic E-state index is 0.130. The average molecular weight is 429 g/mol. The standard InChI is InChI=1S/C25H33FN2O3/c1-4-5-16-27-25(30)20(3)28(18-21-10-12-22(26)13-11-21)24(29)7-6-17-31-23-14-8-19(2)9-15-23/h8-15,20H,4-7,16-18H2,1-3H3,(H,27,30)/t20-/m0/s1. The smallest absolute Gasteiger partial charge is 0.242 e. The Balaban J connectivity index is 1.96. The Kier molecular flexibility index (Phi) is 10.0. The molecule has 0 heterocycles. The van der Waals surface area contributed by atoms with Gasteiger partial charge in [0.05, 0.1) is 6.61 Å². The Morgan fingerprint density at radius 2 is 1.74 bits per heavy atom. The third-order valence-electron chi connectivity index (χ3n) is 5.09. The van der Waals surface area contributed by atoms with E-state index in [2.05, 4.69) is 12.2 Å². The second kappa shape index (κ2) is 12.7. The van der Waals surface area contributed by atoms with E-state index >= 15 is 0 Å². The molecule has 2 aromatic carbocycles. The molecule has 6 heteroatoms. The minimum Gasteiger partial charge on any atom is -0.494 e. The fourth-order valence-electron chi connectivity index (χ4n) is 3.10. The number of hydrogen-bond acceptors (Lipinski definition) is 3. The molecule has 0 radical (unpaired) electrons. The molecular formula is C25H33FN2O3. The molecule has 0 aliphatic heterocycles. The topological polar surface area (TPSA) is 58.6 Å². The normalized spacial score (nSPS) is 11.6. The Hall–Kier alpha value is -2.89. The van der Waals surface area contributed by atoms with Gasteiger partial charge >= 0.3 is 0 Å². The van der Waals surface area contributed by atoms with Gasteiger partial charge in [-0.15, -0.1) is 0 Å². The number of halogens is 1. The highest BCUT2D eigenvalue weighted by molar-refractivity contribution is 5.87. The minimum atomic E-state index is -0.618. The van der Waals surface area contributed by atoms with Gasteiger partial charge in [-0.2, -0.15) is 0 Å². The molecule has 0 aromatic heterocycles. The molecule has 0 unspecified atom stereocenters. The third kappa shape index (κ3) is 8.40. The highest BCUT2D eigenvalue weighted by atomic mass is 19.1. The lowest BCUT2D eigenvalue weighted by atomic mass is 10.1. The Labute approximate surface area is 184 Å². The summed E-state index contributed by atoms with van der Waals surface area (Å²) in [5, 5.41) is 2.89. The number of carbonyl (C=O) groups excluding carboxylic acids is 2. The summed E-state index contributed by atoms with van der Waals surface area (Å²) in [5.41, 5.74) is 1.93. The van der Waals surface area contributed by atoms with Gasteiger partial charge in [0.15, 0.2) is 0 Å². The van der Waals surface area contributed by atoms with Crippen LogP contribution < -0.4 is 10.1 Å². The lowest BCUT2D eigenvalue weighted by Crippen LogP contribution is -2.47. The van der Waals surface area contributed by atoms with Crippen molar-refractivity contribution >= 4 is 11.8 Å². The van der Waals surface area contributed by atoms with Gasteiger partial charge in [0.25, 0.3) is 0 Å². The van der Waals surface area contributed by atoms with Crippen molar-refractivity contribution in [2.75, 3.05) is 13.2 Å². The van der Waals surface area contributed by atoms with Gasteiger partial charge in [0.2, 0.25) is 11.8 Å². The number of ether oxygens (including phenoxy) is 1. The van der Waals surface area contributed by atoms with E-state index in [1.165, 1.54) is 12.1 Å². The van der Waals surface area contributed by atoms with Crippen LogP contribution in [0.25, 0.3) is 0 Å². The molecular weight excluding hydrogens is 395 g/mol. The highest BCUT2D eigenvalue weighted by Gasteiger charge is 2.25. The number of carbonyl (C=O) groups is 2. The van der Waals surface area contributed by atoms with Crippen molar-refractivity contribution in [3.8, 4) is 5.75 Å². The van der Waals surface area contributed by atoms with Crippen LogP contribution in [0.15, 0.2) is 48.5 Å². The van der Waals surface area contributed by atoms with Crippen LogP contribution in [0.3, 0.4) is 0 Å². The Morgan fingerprint density at radius 3 is 2.39 bits per heavy atom. The number of hydrogen-bond donors (Lipinski definition) is 1. The summed E-state index contributed by atoms with van der Waals surface area (Å²) < 4.78 is 19.0. The molecule has 0 aliphatic rings. The van der Waals surface area contributed by atoms with E-state index in [1.807, 2.05) is 31.2 Å². The van der Waals surface area contributed by atoms with Gasteiger partial charge in [-0.1, -0.05) is 43.2 Å². The van der Waals surface area contributed by atoms with Crippen molar-refractivity contribution in [2.24, 2.45) is 0 Å². The first-order valence-electron chi connectivity index (χ1n) is 10.9. The van der Waals surface area contributed by atoms with E-state index in [9.17, 15) is 14.0 Å². The van der Waals surface area contributed by atoms with Crippen LogP contribution in [0.5, 0.6) is 5.75 Å². The van der Waals surface area contributed by atoms with Crippen LogP contribution >= 0.6 is 0 Å². The van der Waals surface area contributed by atoms with E-state index in [0.29, 0.717) is 19.6 Å². The zero-order valence-electron chi connectivity index (χ0n) is 18.7. The summed E-state index contributed by atoms with van der Waals surface area (Å²) in [6.07, 6.45) is 2.67. The fraction of sp³-hybridized carbons (Fsp3) is 0.440. The molecule has 1 atom stereocenters. The molecule has 0 saturated heterocycles. The lowest BCUT2D eigenvalue weighted by molar-refractivity contribution is -0.140. The number of rotatable bonds is 12. The second-order valence-electron chi connectivity index (χ2n) is 7.73. The summed E-state index contributed by atoms with van der Waals surface area (Å²) in [4.78, 5) is 27.1. The largest absolute Gasteiger partial charge is 0.494 e. The maximum atomic E-state index is 13.3. The first-order valence-corrected chi connectivity index (χ1v) is 10.9. The number of nitrogens with zero attached hydrogens (tertiary/aromatic N) is 1. The Morgan fingerprint density at radius 1 is 1.06 bits per heavy atom.